The molecule has 1 aliphatic carbocycles. The molecule has 1 aromatic carbocycles. The van der Waals surface area contributed by atoms with E-state index in [1.54, 1.807) is 0 Å². The Morgan fingerprint density at radius 2 is 2.25 bits per heavy atom. The molecule has 0 heterocycles. The highest BCUT2D eigenvalue weighted by atomic mass is 127. The van der Waals surface area contributed by atoms with Gasteiger partial charge in [0.2, 0.25) is 0 Å². The van der Waals surface area contributed by atoms with Crippen molar-refractivity contribution in [3.8, 4) is 0 Å². The van der Waals surface area contributed by atoms with Crippen LogP contribution >= 0.6 is 22.6 Å². The topological polar surface area (TPSA) is 12.0 Å². The van der Waals surface area contributed by atoms with Gasteiger partial charge in [0.25, 0.3) is 0 Å². The summed E-state index contributed by atoms with van der Waals surface area (Å²) < 4.78 is 1.32. The second-order valence-corrected chi connectivity index (χ2v) is 4.53. The smallest absolute Gasteiger partial charge is 0.0208 e. The predicted octanol–water partition coefficient (Wildman–Crippen LogP) is 2.54. The first kappa shape index (κ1) is 8.51. The Bertz CT molecular complexity index is 268. The minimum Gasteiger partial charge on any atom is -0.310 e. The van der Waals surface area contributed by atoms with Crippen molar-refractivity contribution in [3.05, 3.63) is 33.4 Å². The van der Waals surface area contributed by atoms with Gasteiger partial charge in [0.05, 0.1) is 0 Å². The molecule has 0 unspecified atom stereocenters. The van der Waals surface area contributed by atoms with Gasteiger partial charge in [0.15, 0.2) is 0 Å². The van der Waals surface area contributed by atoms with Gasteiger partial charge >= 0.3 is 0 Å². The summed E-state index contributed by atoms with van der Waals surface area (Å²) in [7, 11) is 0. The normalized spacial score (nSPS) is 16.4. The summed E-state index contributed by atoms with van der Waals surface area (Å²) >= 11 is 2.35. The molecule has 12 heavy (non-hydrogen) atoms. The van der Waals surface area contributed by atoms with Crippen LogP contribution in [0.1, 0.15) is 18.4 Å². The zero-order valence-electron chi connectivity index (χ0n) is 6.89. The summed E-state index contributed by atoms with van der Waals surface area (Å²) in [4.78, 5) is 0. The van der Waals surface area contributed by atoms with Gasteiger partial charge in [-0.1, -0.05) is 12.1 Å². The van der Waals surface area contributed by atoms with E-state index in [0.717, 1.165) is 12.6 Å². The van der Waals surface area contributed by atoms with E-state index in [9.17, 15) is 0 Å². The van der Waals surface area contributed by atoms with E-state index in [0.29, 0.717) is 0 Å². The maximum atomic E-state index is 3.50. The van der Waals surface area contributed by atoms with Crippen LogP contribution < -0.4 is 5.32 Å². The minimum atomic E-state index is 0.808. The van der Waals surface area contributed by atoms with Crippen molar-refractivity contribution in [2.24, 2.45) is 0 Å². The van der Waals surface area contributed by atoms with Crippen molar-refractivity contribution in [1.82, 2.24) is 5.32 Å². The summed E-state index contributed by atoms with van der Waals surface area (Å²) in [5.74, 6) is 0. The lowest BCUT2D eigenvalue weighted by molar-refractivity contribution is 0.687. The van der Waals surface area contributed by atoms with Gasteiger partial charge in [-0.3, -0.25) is 0 Å². The number of hydrogen-bond acceptors (Lipinski definition) is 1. The predicted molar refractivity (Wildman–Crippen MR) is 59.0 cm³/mol. The van der Waals surface area contributed by atoms with Gasteiger partial charge in [0.1, 0.15) is 0 Å². The van der Waals surface area contributed by atoms with Crippen LogP contribution in [0.5, 0.6) is 0 Å². The Labute approximate surface area is 86.7 Å². The first-order valence-electron chi connectivity index (χ1n) is 4.32. The van der Waals surface area contributed by atoms with E-state index >= 15 is 0 Å². The molecule has 1 fully saturated rings. The summed E-state index contributed by atoms with van der Waals surface area (Å²) in [6.45, 7) is 1.03. The van der Waals surface area contributed by atoms with Crippen LogP contribution in [0.25, 0.3) is 0 Å². The fraction of sp³-hybridized carbons (Fsp3) is 0.400. The zero-order valence-corrected chi connectivity index (χ0v) is 9.04. The Kier molecular flexibility index (Phi) is 2.66. The van der Waals surface area contributed by atoms with Crippen molar-refractivity contribution >= 4 is 22.6 Å². The average molecular weight is 273 g/mol. The number of nitrogens with one attached hydrogen (secondary N) is 1. The van der Waals surface area contributed by atoms with E-state index < -0.39 is 0 Å². The minimum absolute atomic E-state index is 0.808. The first-order valence-corrected chi connectivity index (χ1v) is 5.40. The fourth-order valence-electron chi connectivity index (χ4n) is 1.20. The van der Waals surface area contributed by atoms with Gasteiger partial charge in [0, 0.05) is 16.2 Å². The quantitative estimate of drug-likeness (QED) is 0.834. The van der Waals surface area contributed by atoms with E-state index in [2.05, 4.69) is 52.2 Å². The molecule has 64 valence electrons. The van der Waals surface area contributed by atoms with Crippen molar-refractivity contribution in [3.63, 3.8) is 0 Å². The molecule has 0 saturated heterocycles. The zero-order chi connectivity index (χ0) is 8.39. The van der Waals surface area contributed by atoms with Crippen molar-refractivity contribution in [2.45, 2.75) is 25.4 Å². The number of halogens is 1. The number of hydrogen-bond donors (Lipinski definition) is 1. The molecule has 1 aliphatic rings. The summed E-state index contributed by atoms with van der Waals surface area (Å²) in [5.41, 5.74) is 1.40. The van der Waals surface area contributed by atoms with Crippen LogP contribution in [0.3, 0.4) is 0 Å². The van der Waals surface area contributed by atoms with Gasteiger partial charge in [-0.25, -0.2) is 0 Å². The highest BCUT2D eigenvalue weighted by molar-refractivity contribution is 14.1. The number of rotatable bonds is 3. The van der Waals surface area contributed by atoms with Crippen molar-refractivity contribution in [1.29, 1.82) is 0 Å². The second-order valence-electron chi connectivity index (χ2n) is 3.29. The molecule has 0 aromatic heterocycles. The van der Waals surface area contributed by atoms with Crippen LogP contribution in [-0.2, 0) is 6.54 Å². The van der Waals surface area contributed by atoms with E-state index in [-0.39, 0.29) is 0 Å². The molecule has 0 amide bonds. The summed E-state index contributed by atoms with van der Waals surface area (Å²) in [5, 5.41) is 3.50. The highest BCUT2D eigenvalue weighted by Crippen LogP contribution is 2.19. The summed E-state index contributed by atoms with van der Waals surface area (Å²) in [6.07, 6.45) is 2.73. The lowest BCUT2D eigenvalue weighted by atomic mass is 10.2. The lowest BCUT2D eigenvalue weighted by Crippen LogP contribution is -2.15. The molecule has 0 radical (unpaired) electrons. The standard InChI is InChI=1S/C10H12IN/c11-9-3-1-2-8(6-9)7-12-10-4-5-10/h1-3,6,10,12H,4-5,7H2. The Balaban J connectivity index is 1.92. The Morgan fingerprint density at radius 3 is 2.92 bits per heavy atom. The van der Waals surface area contributed by atoms with Gasteiger partial charge in [-0.2, -0.15) is 0 Å². The van der Waals surface area contributed by atoms with Gasteiger partial charge in [-0.15, -0.1) is 0 Å². The molecule has 1 nitrogen and oxygen atoms in total. The Morgan fingerprint density at radius 1 is 1.42 bits per heavy atom. The third-order valence-corrected chi connectivity index (χ3v) is 2.73. The molecule has 1 saturated carbocycles. The van der Waals surface area contributed by atoms with Crippen LogP contribution in [-0.4, -0.2) is 6.04 Å². The monoisotopic (exact) mass is 273 g/mol. The second kappa shape index (κ2) is 3.75. The van der Waals surface area contributed by atoms with Crippen molar-refractivity contribution < 1.29 is 0 Å². The van der Waals surface area contributed by atoms with Crippen LogP contribution in [0.15, 0.2) is 24.3 Å². The summed E-state index contributed by atoms with van der Waals surface area (Å²) in [6, 6.07) is 9.46. The molecule has 2 rings (SSSR count). The molecule has 0 aliphatic heterocycles. The molecule has 2 heteroatoms. The van der Waals surface area contributed by atoms with E-state index in [1.807, 2.05) is 0 Å². The van der Waals surface area contributed by atoms with E-state index in [1.165, 1.54) is 22.0 Å². The SMILES string of the molecule is Ic1cccc(CNC2CC2)c1. The average Bonchev–Trinajstić information content (AvgIpc) is 2.84. The highest BCUT2D eigenvalue weighted by Gasteiger charge is 2.19. The Hall–Kier alpha value is -0.0900. The van der Waals surface area contributed by atoms with Crippen LogP contribution in [0.4, 0.5) is 0 Å². The number of benzene rings is 1. The van der Waals surface area contributed by atoms with Crippen LogP contribution in [0, 0.1) is 3.57 Å². The molecular weight excluding hydrogens is 261 g/mol. The maximum Gasteiger partial charge on any atom is 0.0208 e. The molecule has 1 aromatic rings. The van der Waals surface area contributed by atoms with Gasteiger partial charge < -0.3 is 5.32 Å². The fourth-order valence-corrected chi connectivity index (χ4v) is 1.80. The molecule has 0 spiro atoms. The van der Waals surface area contributed by atoms with E-state index in [4.69, 9.17) is 0 Å². The molecule has 1 N–H and O–H groups in total. The largest absolute Gasteiger partial charge is 0.310 e. The molecular formula is C10H12IN. The molecule has 0 atom stereocenters. The lowest BCUT2D eigenvalue weighted by Gasteiger charge is -2.02. The maximum absolute atomic E-state index is 3.50. The van der Waals surface area contributed by atoms with Crippen molar-refractivity contribution in [2.75, 3.05) is 0 Å². The van der Waals surface area contributed by atoms with Crippen LogP contribution in [0.2, 0.25) is 0 Å². The third-order valence-electron chi connectivity index (χ3n) is 2.06. The molecule has 0 bridgehead atoms. The third kappa shape index (κ3) is 2.45. The van der Waals surface area contributed by atoms with Gasteiger partial charge in [-0.05, 0) is 53.1 Å². The first-order chi connectivity index (χ1) is 5.84.